The minimum absolute atomic E-state index is 0.0138. The van der Waals surface area contributed by atoms with E-state index in [1.807, 2.05) is 12.1 Å². The predicted molar refractivity (Wildman–Crippen MR) is 84.7 cm³/mol. The quantitative estimate of drug-likeness (QED) is 0.863. The molecule has 0 unspecified atom stereocenters. The van der Waals surface area contributed by atoms with E-state index in [0.717, 1.165) is 18.4 Å². The van der Waals surface area contributed by atoms with E-state index in [-0.39, 0.29) is 23.8 Å². The van der Waals surface area contributed by atoms with Crippen LogP contribution in [0.3, 0.4) is 0 Å². The van der Waals surface area contributed by atoms with Gasteiger partial charge in [-0.3, -0.25) is 9.59 Å². The van der Waals surface area contributed by atoms with Gasteiger partial charge in [-0.05, 0) is 43.7 Å². The van der Waals surface area contributed by atoms with Crippen LogP contribution in [0.5, 0.6) is 5.88 Å². The largest absolute Gasteiger partial charge is 0.474 e. The third-order valence-corrected chi connectivity index (χ3v) is 4.49. The lowest BCUT2D eigenvalue weighted by Crippen LogP contribution is -2.42. The lowest BCUT2D eigenvalue weighted by molar-refractivity contribution is -0.129. The lowest BCUT2D eigenvalue weighted by atomic mass is 9.98. The average molecular weight is 317 g/mol. The molecule has 6 nitrogen and oxygen atoms in total. The molecule has 0 radical (unpaired) electrons. The molecule has 1 aliphatic heterocycles. The second-order valence-corrected chi connectivity index (χ2v) is 6.28. The highest BCUT2D eigenvalue weighted by Crippen LogP contribution is 2.23. The van der Waals surface area contributed by atoms with Gasteiger partial charge in [0.2, 0.25) is 17.7 Å². The SMILES string of the molecule is O=C1CC[C@H](C(=O)NCc2ccnc(OC3CCCC3)c2)CN1. The molecule has 0 aromatic carbocycles. The number of piperidine rings is 1. The molecule has 2 heterocycles. The summed E-state index contributed by atoms with van der Waals surface area (Å²) < 4.78 is 5.88. The van der Waals surface area contributed by atoms with Gasteiger partial charge in [0.25, 0.3) is 0 Å². The molecule has 1 atom stereocenters. The summed E-state index contributed by atoms with van der Waals surface area (Å²) in [5.41, 5.74) is 0.973. The zero-order chi connectivity index (χ0) is 16.1. The van der Waals surface area contributed by atoms with Crippen molar-refractivity contribution in [3.8, 4) is 5.88 Å². The minimum atomic E-state index is -0.135. The Balaban J connectivity index is 1.49. The van der Waals surface area contributed by atoms with Crippen LogP contribution in [-0.4, -0.2) is 29.4 Å². The van der Waals surface area contributed by atoms with Gasteiger partial charge in [-0.1, -0.05) is 0 Å². The fourth-order valence-electron chi connectivity index (χ4n) is 3.09. The summed E-state index contributed by atoms with van der Waals surface area (Å²) in [7, 11) is 0. The smallest absolute Gasteiger partial charge is 0.225 e. The highest BCUT2D eigenvalue weighted by Gasteiger charge is 2.24. The van der Waals surface area contributed by atoms with Crippen molar-refractivity contribution >= 4 is 11.8 Å². The molecule has 2 aliphatic rings. The molecular weight excluding hydrogens is 294 g/mol. The first-order valence-electron chi connectivity index (χ1n) is 8.37. The maximum absolute atomic E-state index is 12.1. The van der Waals surface area contributed by atoms with Gasteiger partial charge in [-0.25, -0.2) is 4.98 Å². The number of rotatable bonds is 5. The van der Waals surface area contributed by atoms with Crippen LogP contribution in [-0.2, 0) is 16.1 Å². The molecule has 2 fully saturated rings. The zero-order valence-corrected chi connectivity index (χ0v) is 13.2. The molecule has 1 aromatic rings. The third-order valence-electron chi connectivity index (χ3n) is 4.49. The molecule has 1 saturated carbocycles. The number of aromatic nitrogens is 1. The lowest BCUT2D eigenvalue weighted by Gasteiger charge is -2.21. The van der Waals surface area contributed by atoms with E-state index in [0.29, 0.717) is 31.8 Å². The van der Waals surface area contributed by atoms with Crippen LogP contribution in [0.1, 0.15) is 44.1 Å². The Morgan fingerprint density at radius 1 is 1.35 bits per heavy atom. The summed E-state index contributed by atoms with van der Waals surface area (Å²) >= 11 is 0. The molecule has 23 heavy (non-hydrogen) atoms. The van der Waals surface area contributed by atoms with Crippen LogP contribution in [0.25, 0.3) is 0 Å². The van der Waals surface area contributed by atoms with E-state index in [4.69, 9.17) is 4.74 Å². The van der Waals surface area contributed by atoms with Crippen molar-refractivity contribution in [2.24, 2.45) is 5.92 Å². The summed E-state index contributed by atoms with van der Waals surface area (Å²) in [4.78, 5) is 27.5. The normalized spacial score (nSPS) is 21.7. The Labute approximate surface area is 136 Å². The van der Waals surface area contributed by atoms with Gasteiger partial charge in [0.1, 0.15) is 6.10 Å². The number of ether oxygens (including phenoxy) is 1. The van der Waals surface area contributed by atoms with Crippen LogP contribution < -0.4 is 15.4 Å². The second-order valence-electron chi connectivity index (χ2n) is 6.28. The summed E-state index contributed by atoms with van der Waals surface area (Å²) in [6, 6.07) is 3.77. The molecule has 1 aromatic heterocycles. The topological polar surface area (TPSA) is 80.3 Å². The van der Waals surface area contributed by atoms with Gasteiger partial charge >= 0.3 is 0 Å². The van der Waals surface area contributed by atoms with Crippen LogP contribution in [0.4, 0.5) is 0 Å². The fraction of sp³-hybridized carbons (Fsp3) is 0.588. The number of nitrogens with zero attached hydrogens (tertiary/aromatic N) is 1. The Hall–Kier alpha value is -2.11. The maximum Gasteiger partial charge on any atom is 0.225 e. The maximum atomic E-state index is 12.1. The molecule has 3 rings (SSSR count). The van der Waals surface area contributed by atoms with Crippen LogP contribution in [0.15, 0.2) is 18.3 Å². The number of hydrogen-bond donors (Lipinski definition) is 2. The molecule has 2 N–H and O–H groups in total. The van der Waals surface area contributed by atoms with Gasteiger partial charge in [-0.2, -0.15) is 0 Å². The van der Waals surface area contributed by atoms with Crippen molar-refractivity contribution in [3.05, 3.63) is 23.9 Å². The predicted octanol–water partition coefficient (Wildman–Crippen LogP) is 1.55. The van der Waals surface area contributed by atoms with Gasteiger partial charge in [-0.15, -0.1) is 0 Å². The second kappa shape index (κ2) is 7.44. The average Bonchev–Trinajstić information content (AvgIpc) is 3.07. The third kappa shape index (κ3) is 4.43. The Morgan fingerprint density at radius 3 is 2.91 bits per heavy atom. The van der Waals surface area contributed by atoms with Gasteiger partial charge in [0, 0.05) is 31.8 Å². The van der Waals surface area contributed by atoms with Gasteiger partial charge in [0.15, 0.2) is 0 Å². The van der Waals surface area contributed by atoms with E-state index in [9.17, 15) is 9.59 Å². The van der Waals surface area contributed by atoms with Crippen LogP contribution in [0, 0.1) is 5.92 Å². The fourth-order valence-corrected chi connectivity index (χ4v) is 3.09. The van der Waals surface area contributed by atoms with E-state index in [1.54, 1.807) is 6.20 Å². The first-order valence-corrected chi connectivity index (χ1v) is 8.37. The number of carbonyl (C=O) groups excluding carboxylic acids is 2. The minimum Gasteiger partial charge on any atom is -0.474 e. The number of hydrogen-bond acceptors (Lipinski definition) is 4. The molecule has 2 amide bonds. The van der Waals surface area contributed by atoms with Crippen molar-refractivity contribution in [2.45, 2.75) is 51.2 Å². The summed E-state index contributed by atoms with van der Waals surface area (Å²) in [6.45, 7) is 0.879. The number of nitrogens with one attached hydrogen (secondary N) is 2. The van der Waals surface area contributed by atoms with Crippen molar-refractivity contribution in [1.82, 2.24) is 15.6 Å². The molecule has 1 aliphatic carbocycles. The standard InChI is InChI=1S/C17H23N3O3/c21-15-6-5-13(11-19-15)17(22)20-10-12-7-8-18-16(9-12)23-14-3-1-2-4-14/h7-9,13-14H,1-6,10-11H2,(H,19,21)(H,20,22)/t13-/m0/s1. The number of amides is 2. The van der Waals surface area contributed by atoms with E-state index in [1.165, 1.54) is 12.8 Å². The van der Waals surface area contributed by atoms with Crippen molar-refractivity contribution in [3.63, 3.8) is 0 Å². The summed E-state index contributed by atoms with van der Waals surface area (Å²) in [5.74, 6) is 0.509. The highest BCUT2D eigenvalue weighted by atomic mass is 16.5. The van der Waals surface area contributed by atoms with Crippen molar-refractivity contribution in [1.29, 1.82) is 0 Å². The number of pyridine rings is 1. The molecule has 6 heteroatoms. The Kier molecular flexibility index (Phi) is 5.10. The van der Waals surface area contributed by atoms with Crippen LogP contribution >= 0.6 is 0 Å². The van der Waals surface area contributed by atoms with Gasteiger partial charge in [0.05, 0.1) is 5.92 Å². The molecule has 124 valence electrons. The molecule has 1 saturated heterocycles. The number of carbonyl (C=O) groups is 2. The van der Waals surface area contributed by atoms with E-state index < -0.39 is 0 Å². The Morgan fingerprint density at radius 2 is 2.17 bits per heavy atom. The molecule has 0 spiro atoms. The van der Waals surface area contributed by atoms with Gasteiger partial charge < -0.3 is 15.4 Å². The molecular formula is C17H23N3O3. The summed E-state index contributed by atoms with van der Waals surface area (Å²) in [5, 5.41) is 5.66. The van der Waals surface area contributed by atoms with E-state index >= 15 is 0 Å². The van der Waals surface area contributed by atoms with Crippen LogP contribution in [0.2, 0.25) is 0 Å². The Bertz CT molecular complexity index is 560. The first kappa shape index (κ1) is 15.8. The monoisotopic (exact) mass is 317 g/mol. The summed E-state index contributed by atoms with van der Waals surface area (Å²) in [6.07, 6.45) is 7.66. The van der Waals surface area contributed by atoms with Crippen molar-refractivity contribution in [2.75, 3.05) is 6.54 Å². The zero-order valence-electron chi connectivity index (χ0n) is 13.2. The van der Waals surface area contributed by atoms with Crippen molar-refractivity contribution < 1.29 is 14.3 Å². The first-order chi connectivity index (χ1) is 11.2. The highest BCUT2D eigenvalue weighted by molar-refractivity contribution is 5.83. The molecule has 0 bridgehead atoms. The van der Waals surface area contributed by atoms with E-state index in [2.05, 4.69) is 15.6 Å².